The van der Waals surface area contributed by atoms with E-state index < -0.39 is 23.5 Å². The maximum atomic E-state index is 13.2. The second kappa shape index (κ2) is 8.02. The lowest BCUT2D eigenvalue weighted by Crippen LogP contribution is -2.56. The molecular weight excluding hydrogens is 436 g/mol. The quantitative estimate of drug-likeness (QED) is 0.604. The predicted molar refractivity (Wildman–Crippen MR) is 124 cm³/mol. The Hall–Kier alpha value is -4.14. The summed E-state index contributed by atoms with van der Waals surface area (Å²) in [7, 11) is 0. The second-order valence-electron chi connectivity index (χ2n) is 8.94. The molecule has 0 spiro atoms. The minimum Gasteiger partial charge on any atom is -0.477 e. The van der Waals surface area contributed by atoms with Crippen LogP contribution in [0.4, 0.5) is 10.6 Å². The van der Waals surface area contributed by atoms with Gasteiger partial charge in [-0.3, -0.25) is 9.69 Å². The lowest BCUT2D eigenvalue weighted by atomic mass is 9.98. The van der Waals surface area contributed by atoms with Gasteiger partial charge in [0.25, 0.3) is 5.91 Å². The lowest BCUT2D eigenvalue weighted by molar-refractivity contribution is -0.123. The molecule has 5 rings (SSSR count). The van der Waals surface area contributed by atoms with Crippen molar-refractivity contribution in [3.8, 4) is 11.1 Å². The summed E-state index contributed by atoms with van der Waals surface area (Å²) in [5, 5.41) is 16.1. The Balaban J connectivity index is 1.28. The first-order valence-corrected chi connectivity index (χ1v) is 11.0. The number of fused-ring (bicyclic) bond motifs is 4. The van der Waals surface area contributed by atoms with E-state index in [9.17, 15) is 19.5 Å². The molecule has 0 saturated carbocycles. The summed E-state index contributed by atoms with van der Waals surface area (Å²) in [4.78, 5) is 38.8. The predicted octanol–water partition coefficient (Wildman–Crippen LogP) is 3.25. The molecule has 1 aliphatic carbocycles. The summed E-state index contributed by atoms with van der Waals surface area (Å²) >= 11 is 0. The number of aromatic carboxylic acids is 1. The van der Waals surface area contributed by atoms with E-state index in [0.717, 1.165) is 22.3 Å². The molecule has 0 saturated heterocycles. The summed E-state index contributed by atoms with van der Waals surface area (Å²) < 4.78 is 7.05. The maximum absolute atomic E-state index is 13.2. The molecule has 2 amide bonds. The van der Waals surface area contributed by atoms with Gasteiger partial charge >= 0.3 is 12.1 Å². The number of carboxylic acids is 1. The third-order valence-electron chi connectivity index (χ3n) is 6.37. The molecule has 0 radical (unpaired) electrons. The highest BCUT2D eigenvalue weighted by molar-refractivity contribution is 6.05. The fourth-order valence-corrected chi connectivity index (χ4v) is 4.76. The molecule has 0 bridgehead atoms. The van der Waals surface area contributed by atoms with E-state index in [1.165, 1.54) is 15.8 Å². The Kier molecular flexibility index (Phi) is 5.11. The molecule has 9 nitrogen and oxygen atoms in total. The average molecular weight is 460 g/mol. The van der Waals surface area contributed by atoms with Crippen molar-refractivity contribution in [2.45, 2.75) is 31.8 Å². The molecule has 0 atom stereocenters. The van der Waals surface area contributed by atoms with Crippen LogP contribution in [-0.4, -0.2) is 51.5 Å². The van der Waals surface area contributed by atoms with Crippen LogP contribution in [0.5, 0.6) is 0 Å². The van der Waals surface area contributed by atoms with Crippen LogP contribution in [0.25, 0.3) is 11.1 Å². The van der Waals surface area contributed by atoms with E-state index in [2.05, 4.69) is 22.5 Å². The Morgan fingerprint density at radius 3 is 2.29 bits per heavy atom. The largest absolute Gasteiger partial charge is 0.477 e. The van der Waals surface area contributed by atoms with Gasteiger partial charge in [0.15, 0.2) is 0 Å². The third kappa shape index (κ3) is 3.49. The van der Waals surface area contributed by atoms with Crippen LogP contribution >= 0.6 is 0 Å². The highest BCUT2D eigenvalue weighted by Crippen LogP contribution is 2.44. The summed E-state index contributed by atoms with van der Waals surface area (Å²) in [6.45, 7) is 3.92. The molecule has 174 valence electrons. The fourth-order valence-electron chi connectivity index (χ4n) is 4.76. The van der Waals surface area contributed by atoms with Crippen LogP contribution in [-0.2, 0) is 16.1 Å². The van der Waals surface area contributed by atoms with Crippen molar-refractivity contribution < 1.29 is 24.2 Å². The number of benzene rings is 2. The Labute approximate surface area is 195 Å². The Morgan fingerprint density at radius 1 is 1.06 bits per heavy atom. The molecule has 0 fully saturated rings. The van der Waals surface area contributed by atoms with Gasteiger partial charge in [0.05, 0.1) is 12.7 Å². The normalized spacial score (nSPS) is 14.4. The van der Waals surface area contributed by atoms with Gasteiger partial charge in [0.2, 0.25) is 0 Å². The molecule has 2 aromatic carbocycles. The first-order valence-electron chi connectivity index (χ1n) is 11.0. The molecule has 9 heteroatoms. The number of rotatable bonds is 5. The topological polar surface area (TPSA) is 114 Å². The van der Waals surface area contributed by atoms with Crippen molar-refractivity contribution in [2.24, 2.45) is 0 Å². The van der Waals surface area contributed by atoms with Gasteiger partial charge in [-0.1, -0.05) is 48.5 Å². The van der Waals surface area contributed by atoms with Crippen molar-refractivity contribution in [3.05, 3.63) is 71.4 Å². The van der Waals surface area contributed by atoms with Crippen LogP contribution in [0.3, 0.4) is 0 Å². The SMILES string of the molecule is CC(C)(NC(=O)OCC1c2ccccc2-c2ccccc21)C(=O)N1CCn2ncc(C(=O)O)c21. The van der Waals surface area contributed by atoms with Gasteiger partial charge < -0.3 is 15.2 Å². The van der Waals surface area contributed by atoms with E-state index in [1.54, 1.807) is 13.8 Å². The standard InChI is InChI=1S/C25H24N4O5/c1-25(2,23(32)28-11-12-29-21(28)19(13-26-29)22(30)31)27-24(33)34-14-20-17-9-5-3-7-15(17)16-8-4-6-10-18(16)20/h3-10,13,20H,11-12,14H2,1-2H3,(H,27,33)(H,30,31). The van der Waals surface area contributed by atoms with Crippen LogP contribution in [0.2, 0.25) is 0 Å². The summed E-state index contributed by atoms with van der Waals surface area (Å²) in [5.74, 6) is -1.48. The number of hydrogen-bond donors (Lipinski definition) is 2. The molecule has 2 aliphatic rings. The van der Waals surface area contributed by atoms with E-state index in [4.69, 9.17) is 4.74 Å². The highest BCUT2D eigenvalue weighted by atomic mass is 16.5. The number of ether oxygens (including phenoxy) is 1. The van der Waals surface area contributed by atoms with Gasteiger partial charge in [-0.15, -0.1) is 0 Å². The summed E-state index contributed by atoms with van der Waals surface area (Å²) in [6, 6.07) is 16.1. The van der Waals surface area contributed by atoms with E-state index in [1.807, 2.05) is 36.4 Å². The zero-order chi connectivity index (χ0) is 24.0. The Morgan fingerprint density at radius 2 is 1.68 bits per heavy atom. The van der Waals surface area contributed by atoms with Crippen molar-refractivity contribution in [2.75, 3.05) is 18.1 Å². The number of aromatic nitrogens is 2. The molecule has 34 heavy (non-hydrogen) atoms. The van der Waals surface area contributed by atoms with Crippen molar-refractivity contribution in [1.29, 1.82) is 0 Å². The number of nitrogens with one attached hydrogen (secondary N) is 1. The first-order chi connectivity index (χ1) is 16.3. The number of carbonyl (C=O) groups excluding carboxylic acids is 2. The number of anilines is 1. The van der Waals surface area contributed by atoms with Gasteiger partial charge in [-0.2, -0.15) is 5.10 Å². The average Bonchev–Trinajstić information content (AvgIpc) is 3.49. The van der Waals surface area contributed by atoms with Gasteiger partial charge in [-0.05, 0) is 36.1 Å². The molecule has 3 aromatic rings. The number of carbonyl (C=O) groups is 3. The highest BCUT2D eigenvalue weighted by Gasteiger charge is 2.40. The van der Waals surface area contributed by atoms with Gasteiger partial charge in [0, 0.05) is 12.5 Å². The number of amides is 2. The first kappa shape index (κ1) is 21.7. The summed E-state index contributed by atoms with van der Waals surface area (Å²) in [5.41, 5.74) is 3.07. The molecule has 2 heterocycles. The summed E-state index contributed by atoms with van der Waals surface area (Å²) in [6.07, 6.45) is 0.509. The van der Waals surface area contributed by atoms with E-state index in [-0.39, 0.29) is 30.5 Å². The van der Waals surface area contributed by atoms with E-state index >= 15 is 0 Å². The second-order valence-corrected chi connectivity index (χ2v) is 8.94. The fraction of sp³-hybridized carbons (Fsp3) is 0.280. The van der Waals surface area contributed by atoms with Crippen molar-refractivity contribution in [1.82, 2.24) is 15.1 Å². The van der Waals surface area contributed by atoms with Gasteiger partial charge in [-0.25, -0.2) is 14.3 Å². The monoisotopic (exact) mass is 460 g/mol. The number of alkyl carbamates (subject to hydrolysis) is 1. The van der Waals surface area contributed by atoms with Crippen LogP contribution in [0.15, 0.2) is 54.7 Å². The molecule has 1 aliphatic heterocycles. The van der Waals surface area contributed by atoms with Crippen molar-refractivity contribution in [3.63, 3.8) is 0 Å². The third-order valence-corrected chi connectivity index (χ3v) is 6.37. The maximum Gasteiger partial charge on any atom is 0.408 e. The number of nitrogens with zero attached hydrogens (tertiary/aromatic N) is 3. The van der Waals surface area contributed by atoms with E-state index in [0.29, 0.717) is 6.54 Å². The molecule has 1 aromatic heterocycles. The number of carboxylic acid groups (broad SMARTS) is 1. The molecular formula is C25H24N4O5. The molecule has 0 unspecified atom stereocenters. The molecule has 2 N–H and O–H groups in total. The lowest BCUT2D eigenvalue weighted by Gasteiger charge is -2.29. The van der Waals surface area contributed by atoms with Crippen molar-refractivity contribution >= 4 is 23.8 Å². The van der Waals surface area contributed by atoms with Crippen LogP contribution in [0.1, 0.15) is 41.3 Å². The minimum atomic E-state index is -1.32. The number of hydrogen-bond acceptors (Lipinski definition) is 5. The van der Waals surface area contributed by atoms with Crippen LogP contribution in [0, 0.1) is 0 Å². The zero-order valence-corrected chi connectivity index (χ0v) is 18.8. The van der Waals surface area contributed by atoms with Gasteiger partial charge in [0.1, 0.15) is 23.5 Å². The Bertz CT molecular complexity index is 1270. The van der Waals surface area contributed by atoms with Crippen LogP contribution < -0.4 is 10.2 Å². The minimum absolute atomic E-state index is 0.0530. The smallest absolute Gasteiger partial charge is 0.408 e. The zero-order valence-electron chi connectivity index (χ0n) is 18.8.